The van der Waals surface area contributed by atoms with Crippen LogP contribution >= 0.6 is 11.3 Å². The molecule has 0 spiro atoms. The van der Waals surface area contributed by atoms with E-state index >= 15 is 0 Å². The van der Waals surface area contributed by atoms with Crippen molar-refractivity contribution < 1.29 is 0 Å². The van der Waals surface area contributed by atoms with Crippen molar-refractivity contribution in [2.75, 3.05) is 19.0 Å². The molecule has 4 nitrogen and oxygen atoms in total. The molecule has 0 amide bonds. The van der Waals surface area contributed by atoms with Gasteiger partial charge in [-0.2, -0.15) is 0 Å². The van der Waals surface area contributed by atoms with Gasteiger partial charge in [-0.25, -0.2) is 4.98 Å². The highest BCUT2D eigenvalue weighted by molar-refractivity contribution is 7.13. The Morgan fingerprint density at radius 2 is 2.35 bits per heavy atom. The lowest BCUT2D eigenvalue weighted by atomic mass is 10.3. The molecular formula is C12H16N4S. The number of rotatable bonds is 5. The summed E-state index contributed by atoms with van der Waals surface area (Å²) in [7, 11) is 3.98. The van der Waals surface area contributed by atoms with E-state index in [1.807, 2.05) is 19.3 Å². The molecule has 0 fully saturated rings. The first-order valence-electron chi connectivity index (χ1n) is 5.48. The number of thiazole rings is 1. The summed E-state index contributed by atoms with van der Waals surface area (Å²) in [6.07, 6.45) is 3.68. The van der Waals surface area contributed by atoms with Crippen molar-refractivity contribution in [1.82, 2.24) is 15.3 Å². The first-order chi connectivity index (χ1) is 8.29. The lowest BCUT2D eigenvalue weighted by Crippen LogP contribution is -2.16. The second kappa shape index (κ2) is 5.75. The fraction of sp³-hybridized carbons (Fsp3) is 0.333. The van der Waals surface area contributed by atoms with Gasteiger partial charge in [0.05, 0.1) is 5.69 Å². The SMILES string of the molecule is CNCc1csc(N(C)Cc2cccnc2)n1. The summed E-state index contributed by atoms with van der Waals surface area (Å²) in [5, 5.41) is 6.23. The van der Waals surface area contributed by atoms with Crippen molar-refractivity contribution in [3.63, 3.8) is 0 Å². The fourth-order valence-corrected chi connectivity index (χ4v) is 2.36. The van der Waals surface area contributed by atoms with Gasteiger partial charge in [-0.15, -0.1) is 11.3 Å². The van der Waals surface area contributed by atoms with Gasteiger partial charge in [-0.1, -0.05) is 6.07 Å². The van der Waals surface area contributed by atoms with E-state index in [4.69, 9.17) is 0 Å². The molecule has 2 heterocycles. The lowest BCUT2D eigenvalue weighted by Gasteiger charge is -2.15. The average Bonchev–Trinajstić information content (AvgIpc) is 2.79. The maximum atomic E-state index is 4.56. The number of pyridine rings is 1. The van der Waals surface area contributed by atoms with Gasteiger partial charge in [-0.05, 0) is 18.7 Å². The fourth-order valence-electron chi connectivity index (χ4n) is 1.57. The van der Waals surface area contributed by atoms with Crippen molar-refractivity contribution >= 4 is 16.5 Å². The predicted molar refractivity (Wildman–Crippen MR) is 71.2 cm³/mol. The first-order valence-corrected chi connectivity index (χ1v) is 6.36. The Hall–Kier alpha value is -1.46. The minimum Gasteiger partial charge on any atom is -0.347 e. The summed E-state index contributed by atoms with van der Waals surface area (Å²) in [5.74, 6) is 0. The summed E-state index contributed by atoms with van der Waals surface area (Å²) < 4.78 is 0. The van der Waals surface area contributed by atoms with Crippen LogP contribution in [0, 0.1) is 0 Å². The van der Waals surface area contributed by atoms with Crippen LogP contribution in [0.5, 0.6) is 0 Å². The zero-order chi connectivity index (χ0) is 12.1. The van der Waals surface area contributed by atoms with Crippen molar-refractivity contribution in [3.8, 4) is 0 Å². The van der Waals surface area contributed by atoms with Crippen molar-refractivity contribution in [3.05, 3.63) is 41.2 Å². The van der Waals surface area contributed by atoms with Crippen molar-refractivity contribution in [2.45, 2.75) is 13.1 Å². The van der Waals surface area contributed by atoms with Crippen LogP contribution in [-0.4, -0.2) is 24.1 Å². The third-order valence-corrected chi connectivity index (χ3v) is 3.37. The summed E-state index contributed by atoms with van der Waals surface area (Å²) in [6.45, 7) is 1.65. The maximum absolute atomic E-state index is 4.56. The minimum atomic E-state index is 0.817. The van der Waals surface area contributed by atoms with Crippen LogP contribution in [0.25, 0.3) is 0 Å². The van der Waals surface area contributed by atoms with Crippen LogP contribution < -0.4 is 10.2 Å². The number of nitrogens with zero attached hydrogens (tertiary/aromatic N) is 3. The maximum Gasteiger partial charge on any atom is 0.185 e. The monoisotopic (exact) mass is 248 g/mol. The van der Waals surface area contributed by atoms with Gasteiger partial charge < -0.3 is 10.2 Å². The second-order valence-corrected chi connectivity index (χ2v) is 4.71. The molecule has 0 atom stereocenters. The van der Waals surface area contributed by atoms with Crippen molar-refractivity contribution in [2.24, 2.45) is 0 Å². The lowest BCUT2D eigenvalue weighted by molar-refractivity contribution is 0.792. The van der Waals surface area contributed by atoms with E-state index in [9.17, 15) is 0 Å². The third-order valence-electron chi connectivity index (χ3n) is 2.37. The molecule has 2 aromatic rings. The third kappa shape index (κ3) is 3.25. The Morgan fingerprint density at radius 1 is 1.47 bits per heavy atom. The Morgan fingerprint density at radius 3 is 3.06 bits per heavy atom. The van der Waals surface area contributed by atoms with Crippen LogP contribution in [-0.2, 0) is 13.1 Å². The zero-order valence-corrected chi connectivity index (χ0v) is 10.9. The number of anilines is 1. The largest absolute Gasteiger partial charge is 0.347 e. The molecule has 0 saturated heterocycles. The molecule has 0 aliphatic rings. The number of hydrogen-bond acceptors (Lipinski definition) is 5. The normalized spacial score (nSPS) is 10.5. The molecular weight excluding hydrogens is 232 g/mol. The Balaban J connectivity index is 2.01. The molecule has 0 bridgehead atoms. The summed E-state index contributed by atoms with van der Waals surface area (Å²) in [6, 6.07) is 4.03. The molecule has 0 radical (unpaired) electrons. The van der Waals surface area contributed by atoms with E-state index in [2.05, 4.69) is 38.7 Å². The van der Waals surface area contributed by atoms with Crippen molar-refractivity contribution in [1.29, 1.82) is 0 Å². The second-order valence-electron chi connectivity index (χ2n) is 3.87. The van der Waals surface area contributed by atoms with Gasteiger partial charge in [0.25, 0.3) is 0 Å². The van der Waals surface area contributed by atoms with E-state index in [0.29, 0.717) is 0 Å². The molecule has 2 rings (SSSR count). The molecule has 17 heavy (non-hydrogen) atoms. The van der Waals surface area contributed by atoms with Crippen LogP contribution in [0.2, 0.25) is 0 Å². The van der Waals surface area contributed by atoms with E-state index in [1.165, 1.54) is 5.56 Å². The molecule has 5 heteroatoms. The topological polar surface area (TPSA) is 41.0 Å². The molecule has 2 aromatic heterocycles. The summed E-state index contributed by atoms with van der Waals surface area (Å²) in [5.41, 5.74) is 2.28. The van der Waals surface area contributed by atoms with Gasteiger partial charge in [0.2, 0.25) is 0 Å². The van der Waals surface area contributed by atoms with Crippen LogP contribution in [0.15, 0.2) is 29.9 Å². The molecule has 0 saturated carbocycles. The van der Waals surface area contributed by atoms with E-state index in [0.717, 1.165) is 23.9 Å². The standard InChI is InChI=1S/C12H16N4S/c1-13-7-11-9-17-12(15-11)16(2)8-10-4-3-5-14-6-10/h3-6,9,13H,7-8H2,1-2H3. The molecule has 0 unspecified atom stereocenters. The quantitative estimate of drug-likeness (QED) is 0.877. The minimum absolute atomic E-state index is 0.817. The highest BCUT2D eigenvalue weighted by Crippen LogP contribution is 2.20. The summed E-state index contributed by atoms with van der Waals surface area (Å²) >= 11 is 1.67. The smallest absolute Gasteiger partial charge is 0.185 e. The Labute approximate surface area is 105 Å². The van der Waals surface area contributed by atoms with Gasteiger partial charge in [0.15, 0.2) is 5.13 Å². The van der Waals surface area contributed by atoms with E-state index in [1.54, 1.807) is 17.5 Å². The summed E-state index contributed by atoms with van der Waals surface area (Å²) in [4.78, 5) is 10.8. The Bertz CT molecular complexity index is 455. The van der Waals surface area contributed by atoms with E-state index < -0.39 is 0 Å². The number of nitrogens with one attached hydrogen (secondary N) is 1. The predicted octanol–water partition coefficient (Wildman–Crippen LogP) is 1.89. The number of aromatic nitrogens is 2. The molecule has 90 valence electrons. The molecule has 0 aliphatic heterocycles. The van der Waals surface area contributed by atoms with Crippen LogP contribution in [0.1, 0.15) is 11.3 Å². The van der Waals surface area contributed by atoms with E-state index in [-0.39, 0.29) is 0 Å². The highest BCUT2D eigenvalue weighted by Gasteiger charge is 2.07. The van der Waals surface area contributed by atoms with Gasteiger partial charge in [0.1, 0.15) is 0 Å². The van der Waals surface area contributed by atoms with Gasteiger partial charge in [0, 0.05) is 37.9 Å². The average molecular weight is 248 g/mol. The zero-order valence-electron chi connectivity index (χ0n) is 10.1. The Kier molecular flexibility index (Phi) is 4.06. The highest BCUT2D eigenvalue weighted by atomic mass is 32.1. The van der Waals surface area contributed by atoms with Gasteiger partial charge in [-0.3, -0.25) is 4.98 Å². The molecule has 0 aliphatic carbocycles. The van der Waals surface area contributed by atoms with Gasteiger partial charge >= 0.3 is 0 Å². The first kappa shape index (κ1) is 12.0. The van der Waals surface area contributed by atoms with Crippen LogP contribution in [0.3, 0.4) is 0 Å². The number of hydrogen-bond donors (Lipinski definition) is 1. The molecule has 1 N–H and O–H groups in total. The molecule has 0 aromatic carbocycles. The van der Waals surface area contributed by atoms with Crippen LogP contribution in [0.4, 0.5) is 5.13 Å².